The number of ether oxygens (including phenoxy) is 2. The number of methoxy groups -OCH3 is 1. The van der Waals surface area contributed by atoms with Crippen molar-refractivity contribution >= 4 is 24.3 Å². The molecule has 0 fully saturated rings. The summed E-state index contributed by atoms with van der Waals surface area (Å²) in [4.78, 5) is 21.9. The molecule has 0 saturated heterocycles. The van der Waals surface area contributed by atoms with Gasteiger partial charge in [0, 0.05) is 6.92 Å². The van der Waals surface area contributed by atoms with Crippen LogP contribution in [-0.4, -0.2) is 19.0 Å². The molecule has 0 aromatic heterocycles. The predicted octanol–water partition coefficient (Wildman–Crippen LogP) is 1.21. The summed E-state index contributed by atoms with van der Waals surface area (Å²) in [5, 5.41) is 0. The molecule has 0 heterocycles. The number of esters is 2. The molecule has 6 heteroatoms. The molecule has 0 aliphatic heterocycles. The molecule has 1 rings (SSSR count). The molecule has 17 heavy (non-hydrogen) atoms. The summed E-state index contributed by atoms with van der Waals surface area (Å²) < 4.78 is 9.39. The van der Waals surface area contributed by atoms with Crippen molar-refractivity contribution in [3.8, 4) is 5.75 Å². The number of carbonyl (C=O) groups is 2. The quantitative estimate of drug-likeness (QED) is 0.652. The zero-order valence-electron chi connectivity index (χ0n) is 9.51. The third-order valence-corrected chi connectivity index (χ3v) is 1.93. The number of halogens is 1. The number of nitrogens with two attached hydrogens (primary N) is 1. The van der Waals surface area contributed by atoms with Gasteiger partial charge in [-0.2, -0.15) is 0 Å². The lowest BCUT2D eigenvalue weighted by atomic mass is 10.1. The van der Waals surface area contributed by atoms with Gasteiger partial charge in [-0.1, -0.05) is 12.1 Å². The van der Waals surface area contributed by atoms with Gasteiger partial charge < -0.3 is 15.2 Å². The van der Waals surface area contributed by atoms with Crippen molar-refractivity contribution in [3.05, 3.63) is 29.8 Å². The zero-order valence-corrected chi connectivity index (χ0v) is 10.3. The van der Waals surface area contributed by atoms with E-state index in [-0.39, 0.29) is 12.4 Å². The van der Waals surface area contributed by atoms with E-state index in [4.69, 9.17) is 10.5 Å². The number of carbonyl (C=O) groups excluding carboxylic acids is 2. The van der Waals surface area contributed by atoms with Gasteiger partial charge in [-0.15, -0.1) is 12.4 Å². The summed E-state index contributed by atoms with van der Waals surface area (Å²) in [7, 11) is 1.26. The number of hydrogen-bond acceptors (Lipinski definition) is 5. The Labute approximate surface area is 105 Å². The third kappa shape index (κ3) is 4.42. The normalized spacial score (nSPS) is 11.0. The van der Waals surface area contributed by atoms with E-state index in [1.54, 1.807) is 18.2 Å². The van der Waals surface area contributed by atoms with Crippen LogP contribution in [0.3, 0.4) is 0 Å². The topological polar surface area (TPSA) is 78.6 Å². The third-order valence-electron chi connectivity index (χ3n) is 1.93. The summed E-state index contributed by atoms with van der Waals surface area (Å²) in [6.45, 7) is 1.30. The van der Waals surface area contributed by atoms with Crippen LogP contribution < -0.4 is 10.5 Å². The van der Waals surface area contributed by atoms with Gasteiger partial charge in [0.15, 0.2) is 0 Å². The van der Waals surface area contributed by atoms with Crippen molar-refractivity contribution in [2.75, 3.05) is 7.11 Å². The number of rotatable bonds is 3. The number of hydrogen-bond donors (Lipinski definition) is 1. The number of benzene rings is 1. The van der Waals surface area contributed by atoms with Crippen LogP contribution in [0.2, 0.25) is 0 Å². The van der Waals surface area contributed by atoms with Crippen molar-refractivity contribution in [2.24, 2.45) is 5.73 Å². The molecule has 0 aliphatic rings. The van der Waals surface area contributed by atoms with Crippen LogP contribution in [-0.2, 0) is 14.3 Å². The summed E-state index contributed by atoms with van der Waals surface area (Å²) in [5.41, 5.74) is 6.17. The van der Waals surface area contributed by atoms with E-state index in [1.807, 2.05) is 0 Å². The first-order chi connectivity index (χ1) is 7.54. The van der Waals surface area contributed by atoms with E-state index in [0.717, 1.165) is 0 Å². The van der Waals surface area contributed by atoms with Crippen molar-refractivity contribution < 1.29 is 19.1 Å². The van der Waals surface area contributed by atoms with E-state index < -0.39 is 18.0 Å². The van der Waals surface area contributed by atoms with Gasteiger partial charge in [0.25, 0.3) is 0 Å². The summed E-state index contributed by atoms with van der Waals surface area (Å²) >= 11 is 0. The van der Waals surface area contributed by atoms with Gasteiger partial charge in [0.05, 0.1) is 7.11 Å². The van der Waals surface area contributed by atoms with E-state index in [1.165, 1.54) is 20.1 Å². The van der Waals surface area contributed by atoms with Crippen LogP contribution >= 0.6 is 12.4 Å². The highest BCUT2D eigenvalue weighted by Gasteiger charge is 2.16. The smallest absolute Gasteiger partial charge is 0.327 e. The van der Waals surface area contributed by atoms with Crippen LogP contribution in [0.5, 0.6) is 5.75 Å². The second kappa shape index (κ2) is 6.88. The molecule has 0 spiro atoms. The average Bonchev–Trinajstić information content (AvgIpc) is 2.26. The Morgan fingerprint density at radius 1 is 1.35 bits per heavy atom. The van der Waals surface area contributed by atoms with Gasteiger partial charge in [-0.3, -0.25) is 9.59 Å². The van der Waals surface area contributed by atoms with Gasteiger partial charge in [0.2, 0.25) is 0 Å². The van der Waals surface area contributed by atoms with E-state index >= 15 is 0 Å². The minimum absolute atomic E-state index is 0. The molecule has 0 amide bonds. The van der Waals surface area contributed by atoms with Gasteiger partial charge >= 0.3 is 11.9 Å². The van der Waals surface area contributed by atoms with Crippen LogP contribution in [0.1, 0.15) is 18.5 Å². The van der Waals surface area contributed by atoms with Crippen molar-refractivity contribution in [1.29, 1.82) is 0 Å². The van der Waals surface area contributed by atoms with E-state index in [2.05, 4.69) is 4.74 Å². The Morgan fingerprint density at radius 3 is 2.53 bits per heavy atom. The van der Waals surface area contributed by atoms with Gasteiger partial charge in [-0.25, -0.2) is 0 Å². The minimum Gasteiger partial charge on any atom is -0.468 e. The summed E-state index contributed by atoms with van der Waals surface area (Å²) in [6, 6.07) is 5.57. The first kappa shape index (κ1) is 15.4. The molecule has 1 atom stereocenters. The molecule has 94 valence electrons. The Morgan fingerprint density at radius 2 is 2.00 bits per heavy atom. The largest absolute Gasteiger partial charge is 0.468 e. The highest BCUT2D eigenvalue weighted by Crippen LogP contribution is 2.18. The zero-order chi connectivity index (χ0) is 12.1. The molecule has 0 saturated carbocycles. The molecule has 1 aromatic rings. The Bertz CT molecular complexity index is 408. The minimum atomic E-state index is -0.875. The molecule has 5 nitrogen and oxygen atoms in total. The highest BCUT2D eigenvalue weighted by atomic mass is 35.5. The van der Waals surface area contributed by atoms with E-state index in [9.17, 15) is 9.59 Å². The molecular formula is C11H14ClNO4. The predicted molar refractivity (Wildman–Crippen MR) is 63.9 cm³/mol. The van der Waals surface area contributed by atoms with Crippen molar-refractivity contribution in [1.82, 2.24) is 0 Å². The maximum atomic E-state index is 11.2. The lowest BCUT2D eigenvalue weighted by Gasteiger charge is -2.10. The van der Waals surface area contributed by atoms with E-state index in [0.29, 0.717) is 11.3 Å². The monoisotopic (exact) mass is 259 g/mol. The molecular weight excluding hydrogens is 246 g/mol. The second-order valence-corrected chi connectivity index (χ2v) is 3.17. The van der Waals surface area contributed by atoms with Crippen molar-refractivity contribution in [3.63, 3.8) is 0 Å². The molecule has 1 aromatic carbocycles. The fraction of sp³-hybridized carbons (Fsp3) is 0.273. The maximum absolute atomic E-state index is 11.2. The molecule has 0 aliphatic carbocycles. The Balaban J connectivity index is 0.00000256. The fourth-order valence-electron chi connectivity index (χ4n) is 1.20. The maximum Gasteiger partial charge on any atom is 0.327 e. The van der Waals surface area contributed by atoms with Crippen LogP contribution in [0, 0.1) is 0 Å². The lowest BCUT2D eigenvalue weighted by Crippen LogP contribution is -2.22. The average molecular weight is 260 g/mol. The molecule has 0 unspecified atom stereocenters. The Kier molecular flexibility index (Phi) is 6.23. The SMILES string of the molecule is COC(=O)[C@@H](N)c1cccc(OC(C)=O)c1.Cl. The van der Waals surface area contributed by atoms with Gasteiger partial charge in [0.1, 0.15) is 11.8 Å². The molecule has 0 radical (unpaired) electrons. The van der Waals surface area contributed by atoms with Gasteiger partial charge in [-0.05, 0) is 17.7 Å². The Hall–Kier alpha value is -1.59. The van der Waals surface area contributed by atoms with Crippen LogP contribution in [0.4, 0.5) is 0 Å². The second-order valence-electron chi connectivity index (χ2n) is 3.17. The summed E-state index contributed by atoms with van der Waals surface area (Å²) in [5.74, 6) is -0.617. The van der Waals surface area contributed by atoms with Crippen LogP contribution in [0.25, 0.3) is 0 Å². The molecule has 2 N–H and O–H groups in total. The van der Waals surface area contributed by atoms with Crippen molar-refractivity contribution in [2.45, 2.75) is 13.0 Å². The standard InChI is InChI=1S/C11H13NO4.ClH/c1-7(13)16-9-5-3-4-8(6-9)10(12)11(14)15-2;/h3-6,10H,12H2,1-2H3;1H/t10-;/m0./s1. The fourth-order valence-corrected chi connectivity index (χ4v) is 1.20. The highest BCUT2D eigenvalue weighted by molar-refractivity contribution is 5.85. The van der Waals surface area contributed by atoms with Crippen LogP contribution in [0.15, 0.2) is 24.3 Å². The first-order valence-corrected chi connectivity index (χ1v) is 4.66. The molecule has 0 bridgehead atoms. The first-order valence-electron chi connectivity index (χ1n) is 4.66. The summed E-state index contributed by atoms with van der Waals surface area (Å²) in [6.07, 6.45) is 0. The lowest BCUT2D eigenvalue weighted by molar-refractivity contribution is -0.142.